The van der Waals surface area contributed by atoms with Gasteiger partial charge in [0.25, 0.3) is 0 Å². The highest BCUT2D eigenvalue weighted by molar-refractivity contribution is 7.89. The van der Waals surface area contributed by atoms with Crippen molar-refractivity contribution in [2.75, 3.05) is 25.0 Å². The molecule has 0 radical (unpaired) electrons. The molecule has 6 heteroatoms. The fourth-order valence-corrected chi connectivity index (χ4v) is 5.96. The number of ether oxygens (including phenoxy) is 1. The van der Waals surface area contributed by atoms with Gasteiger partial charge in [-0.2, -0.15) is 4.31 Å². The number of rotatable bonds is 2. The maximum atomic E-state index is 13.2. The van der Waals surface area contributed by atoms with Crippen molar-refractivity contribution < 1.29 is 13.2 Å². The van der Waals surface area contributed by atoms with E-state index in [-0.39, 0.29) is 11.6 Å². The van der Waals surface area contributed by atoms with E-state index >= 15 is 0 Å². The first kappa shape index (κ1) is 17.0. The zero-order valence-corrected chi connectivity index (χ0v) is 16.0. The Bertz CT molecular complexity index is 1030. The molecule has 140 valence electrons. The van der Waals surface area contributed by atoms with Crippen molar-refractivity contribution in [2.45, 2.75) is 29.9 Å². The van der Waals surface area contributed by atoms with Gasteiger partial charge in [0, 0.05) is 18.8 Å². The number of para-hydroxylation sites is 1. The minimum atomic E-state index is -3.52. The molecule has 5 rings (SSSR count). The molecule has 3 aliphatic heterocycles. The van der Waals surface area contributed by atoms with Crippen LogP contribution in [-0.4, -0.2) is 38.6 Å². The van der Waals surface area contributed by atoms with Crippen molar-refractivity contribution in [2.24, 2.45) is 0 Å². The second-order valence-electron chi connectivity index (χ2n) is 7.51. The Morgan fingerprint density at radius 3 is 2.74 bits per heavy atom. The first-order valence-electron chi connectivity index (χ1n) is 9.26. The molecular formula is C21H22N2O3S. The van der Waals surface area contributed by atoms with Crippen molar-refractivity contribution >= 4 is 15.7 Å². The van der Waals surface area contributed by atoms with E-state index in [1.165, 1.54) is 11.1 Å². The van der Waals surface area contributed by atoms with Gasteiger partial charge in [0.15, 0.2) is 0 Å². The van der Waals surface area contributed by atoms with Crippen LogP contribution in [-0.2, 0) is 20.2 Å². The smallest absolute Gasteiger partial charge is 0.243 e. The van der Waals surface area contributed by atoms with E-state index in [1.807, 2.05) is 31.2 Å². The Hall–Kier alpha value is -2.15. The first-order valence-corrected chi connectivity index (χ1v) is 10.7. The van der Waals surface area contributed by atoms with Gasteiger partial charge in [0.2, 0.25) is 10.0 Å². The van der Waals surface area contributed by atoms with Gasteiger partial charge in [-0.05, 0) is 42.7 Å². The summed E-state index contributed by atoms with van der Waals surface area (Å²) < 4.78 is 33.9. The zero-order valence-electron chi connectivity index (χ0n) is 15.2. The highest BCUT2D eigenvalue weighted by Crippen LogP contribution is 2.53. The van der Waals surface area contributed by atoms with Crippen LogP contribution in [0.2, 0.25) is 0 Å². The number of aryl methyl sites for hydroxylation is 1. The van der Waals surface area contributed by atoms with Crippen molar-refractivity contribution in [3.8, 4) is 0 Å². The predicted molar refractivity (Wildman–Crippen MR) is 104 cm³/mol. The molecule has 5 nitrogen and oxygen atoms in total. The summed E-state index contributed by atoms with van der Waals surface area (Å²) in [7, 11) is -3.52. The number of sulfonamides is 1. The van der Waals surface area contributed by atoms with Gasteiger partial charge in [-0.15, -0.1) is 0 Å². The van der Waals surface area contributed by atoms with Crippen LogP contribution in [0.5, 0.6) is 0 Å². The Labute approximate surface area is 159 Å². The van der Waals surface area contributed by atoms with Crippen molar-refractivity contribution in [3.63, 3.8) is 0 Å². The third-order valence-electron chi connectivity index (χ3n) is 6.08. The van der Waals surface area contributed by atoms with Crippen LogP contribution in [0.3, 0.4) is 0 Å². The lowest BCUT2D eigenvalue weighted by Crippen LogP contribution is -2.39. The zero-order chi connectivity index (χ0) is 18.6. The summed E-state index contributed by atoms with van der Waals surface area (Å²) in [5.74, 6) is 0. The van der Waals surface area contributed by atoms with Crippen LogP contribution >= 0.6 is 0 Å². The van der Waals surface area contributed by atoms with Crippen molar-refractivity contribution in [3.05, 3.63) is 71.3 Å². The first-order chi connectivity index (χ1) is 13.0. The van der Waals surface area contributed by atoms with Crippen LogP contribution in [0.4, 0.5) is 5.69 Å². The Kier molecular flexibility index (Phi) is 3.73. The minimum absolute atomic E-state index is 0.122. The second-order valence-corrected chi connectivity index (χ2v) is 9.45. The average Bonchev–Trinajstić information content (AvgIpc) is 3.08. The average molecular weight is 382 g/mol. The second kappa shape index (κ2) is 5.92. The molecule has 0 unspecified atom stereocenters. The maximum Gasteiger partial charge on any atom is 0.243 e. The maximum absolute atomic E-state index is 13.2. The summed E-state index contributed by atoms with van der Waals surface area (Å²) in [5, 5.41) is 3.47. The molecular weight excluding hydrogens is 360 g/mol. The number of hydrogen-bond donors (Lipinski definition) is 1. The summed E-state index contributed by atoms with van der Waals surface area (Å²) >= 11 is 0. The van der Waals surface area contributed by atoms with Gasteiger partial charge in [-0.1, -0.05) is 42.0 Å². The number of nitrogens with one attached hydrogen (secondary N) is 1. The van der Waals surface area contributed by atoms with E-state index in [9.17, 15) is 8.42 Å². The van der Waals surface area contributed by atoms with Crippen LogP contribution < -0.4 is 5.32 Å². The summed E-state index contributed by atoms with van der Waals surface area (Å²) in [6.45, 7) is 3.35. The van der Waals surface area contributed by atoms with Gasteiger partial charge < -0.3 is 10.1 Å². The molecule has 1 spiro atoms. The monoisotopic (exact) mass is 382 g/mol. The molecule has 3 heterocycles. The van der Waals surface area contributed by atoms with Crippen molar-refractivity contribution in [1.29, 1.82) is 0 Å². The topological polar surface area (TPSA) is 58.6 Å². The molecule has 0 saturated carbocycles. The summed E-state index contributed by atoms with van der Waals surface area (Å²) in [6, 6.07) is 15.3. The third-order valence-corrected chi connectivity index (χ3v) is 7.96. The van der Waals surface area contributed by atoms with Gasteiger partial charge in [0.1, 0.15) is 6.23 Å². The Morgan fingerprint density at radius 2 is 1.93 bits per heavy atom. The molecule has 0 aromatic heterocycles. The van der Waals surface area contributed by atoms with E-state index < -0.39 is 10.0 Å². The number of nitrogens with zero attached hydrogens (tertiary/aromatic N) is 1. The largest absolute Gasteiger partial charge is 0.359 e. The number of anilines is 1. The van der Waals surface area contributed by atoms with E-state index in [0.717, 1.165) is 11.3 Å². The summed E-state index contributed by atoms with van der Waals surface area (Å²) in [5.41, 5.74) is 4.27. The lowest BCUT2D eigenvalue weighted by Gasteiger charge is -2.29. The quantitative estimate of drug-likeness (QED) is 0.811. The van der Waals surface area contributed by atoms with Crippen LogP contribution in [0, 0.1) is 6.92 Å². The fourth-order valence-electron chi connectivity index (χ4n) is 4.58. The molecule has 2 atom stereocenters. The molecule has 0 bridgehead atoms. The van der Waals surface area contributed by atoms with E-state index in [2.05, 4.69) is 23.5 Å². The fraction of sp³-hybridized carbons (Fsp3) is 0.333. The standard InChI is InChI=1S/C21H22N2O3S/c1-15-6-8-17(9-7-15)27(24,25)23-12-10-16-14-26-20-21(16,11-13-23)18-4-2-3-5-19(18)22-20/h2-10,20,22H,11-14H2,1H3/t20-,21+/m0/s1. The van der Waals surface area contributed by atoms with Gasteiger partial charge in [0.05, 0.1) is 16.9 Å². The third kappa shape index (κ3) is 2.40. The number of fused-ring (bicyclic) bond motifs is 1. The Balaban J connectivity index is 1.52. The molecule has 0 aliphatic carbocycles. The van der Waals surface area contributed by atoms with Crippen LogP contribution in [0.1, 0.15) is 17.5 Å². The van der Waals surface area contributed by atoms with Gasteiger partial charge in [-0.3, -0.25) is 0 Å². The van der Waals surface area contributed by atoms with Crippen LogP contribution in [0.15, 0.2) is 65.1 Å². The minimum Gasteiger partial charge on any atom is -0.359 e. The van der Waals surface area contributed by atoms with Gasteiger partial charge >= 0.3 is 0 Å². The SMILES string of the molecule is Cc1ccc(S(=O)(=O)N2CC=C3CO[C@@H]4Nc5ccccc5[C@@]34CC2)cc1. The molecule has 2 aromatic rings. The molecule has 0 amide bonds. The molecule has 3 aliphatic rings. The lowest BCUT2D eigenvalue weighted by molar-refractivity contribution is 0.103. The van der Waals surface area contributed by atoms with Crippen LogP contribution in [0.25, 0.3) is 0 Å². The van der Waals surface area contributed by atoms with E-state index in [0.29, 0.717) is 31.0 Å². The summed E-state index contributed by atoms with van der Waals surface area (Å²) in [6.07, 6.45) is 2.64. The Morgan fingerprint density at radius 1 is 1.15 bits per heavy atom. The summed E-state index contributed by atoms with van der Waals surface area (Å²) in [4.78, 5) is 0.355. The lowest BCUT2D eigenvalue weighted by atomic mass is 9.73. The highest BCUT2D eigenvalue weighted by Gasteiger charge is 2.55. The highest BCUT2D eigenvalue weighted by atomic mass is 32.2. The molecule has 1 saturated heterocycles. The predicted octanol–water partition coefficient (Wildman–Crippen LogP) is 3.04. The normalized spacial score (nSPS) is 27.1. The number of benzene rings is 2. The number of hydrogen-bond acceptors (Lipinski definition) is 4. The molecule has 27 heavy (non-hydrogen) atoms. The molecule has 1 fully saturated rings. The van der Waals surface area contributed by atoms with E-state index in [1.54, 1.807) is 16.4 Å². The molecule has 1 N–H and O–H groups in total. The van der Waals surface area contributed by atoms with Gasteiger partial charge in [-0.25, -0.2) is 8.42 Å². The van der Waals surface area contributed by atoms with E-state index in [4.69, 9.17) is 4.74 Å². The van der Waals surface area contributed by atoms with Crippen molar-refractivity contribution in [1.82, 2.24) is 4.31 Å². The molecule has 2 aromatic carbocycles.